The number of ether oxygens (including phenoxy) is 1. The molecule has 1 saturated carbocycles. The number of piperidine rings is 1. The first-order valence-corrected chi connectivity index (χ1v) is 10.4. The van der Waals surface area contributed by atoms with E-state index in [1.807, 2.05) is 0 Å². The molecule has 0 spiro atoms. The van der Waals surface area contributed by atoms with Gasteiger partial charge < -0.3 is 20.3 Å². The summed E-state index contributed by atoms with van der Waals surface area (Å²) in [6.45, 7) is 8.39. The first-order chi connectivity index (χ1) is 12.2. The van der Waals surface area contributed by atoms with Crippen molar-refractivity contribution in [1.29, 1.82) is 0 Å². The van der Waals surface area contributed by atoms with E-state index in [1.54, 1.807) is 7.11 Å². The third-order valence-corrected chi connectivity index (χ3v) is 6.10. The van der Waals surface area contributed by atoms with Crippen LogP contribution in [0.4, 0.5) is 0 Å². The standard InChI is InChI=1S/C20H40N4O.HI/c1-4-21-19(22-13-7-18-8-14-24(2)15-9-18)23-17-20(12-16-25-3)10-5-6-11-20;/h18H,4-17H2,1-3H3,(H2,21,22,23);1H. The van der Waals surface area contributed by atoms with Gasteiger partial charge in [0.1, 0.15) is 0 Å². The summed E-state index contributed by atoms with van der Waals surface area (Å²) in [5.74, 6) is 1.87. The van der Waals surface area contributed by atoms with Gasteiger partial charge in [0.2, 0.25) is 0 Å². The van der Waals surface area contributed by atoms with Crippen LogP contribution >= 0.6 is 24.0 Å². The zero-order valence-corrected chi connectivity index (χ0v) is 19.5. The Kier molecular flexibility index (Phi) is 12.1. The lowest BCUT2D eigenvalue weighted by molar-refractivity contribution is 0.141. The fourth-order valence-corrected chi connectivity index (χ4v) is 4.26. The normalized spacial score (nSPS) is 21.4. The molecule has 154 valence electrons. The van der Waals surface area contributed by atoms with Gasteiger partial charge in [0, 0.05) is 33.4 Å². The molecule has 2 fully saturated rings. The molecule has 5 nitrogen and oxygen atoms in total. The Labute approximate surface area is 178 Å². The Bertz CT molecular complexity index is 391. The van der Waals surface area contributed by atoms with Crippen molar-refractivity contribution in [3.8, 4) is 0 Å². The largest absolute Gasteiger partial charge is 0.385 e. The topological polar surface area (TPSA) is 48.9 Å². The summed E-state index contributed by atoms with van der Waals surface area (Å²) in [6.07, 6.45) is 10.4. The average molecular weight is 480 g/mol. The number of aliphatic imine (C=N–C) groups is 1. The van der Waals surface area contributed by atoms with E-state index in [9.17, 15) is 0 Å². The third kappa shape index (κ3) is 8.30. The van der Waals surface area contributed by atoms with Gasteiger partial charge in [-0.15, -0.1) is 24.0 Å². The fraction of sp³-hybridized carbons (Fsp3) is 0.950. The summed E-state index contributed by atoms with van der Waals surface area (Å²) in [5, 5.41) is 6.99. The van der Waals surface area contributed by atoms with Gasteiger partial charge in [0.15, 0.2) is 5.96 Å². The molecule has 26 heavy (non-hydrogen) atoms. The molecule has 0 aromatic carbocycles. The molecule has 0 atom stereocenters. The molecule has 1 heterocycles. The molecule has 1 aliphatic carbocycles. The zero-order chi connectivity index (χ0) is 18.0. The van der Waals surface area contributed by atoms with Crippen LogP contribution in [-0.2, 0) is 4.74 Å². The minimum absolute atomic E-state index is 0. The molecule has 0 bridgehead atoms. The molecule has 0 aromatic heterocycles. The maximum Gasteiger partial charge on any atom is 0.191 e. The molecule has 0 aromatic rings. The van der Waals surface area contributed by atoms with E-state index in [4.69, 9.17) is 9.73 Å². The second kappa shape index (κ2) is 13.2. The van der Waals surface area contributed by atoms with Gasteiger partial charge in [-0.1, -0.05) is 12.8 Å². The Morgan fingerprint density at radius 3 is 2.50 bits per heavy atom. The smallest absolute Gasteiger partial charge is 0.191 e. The highest BCUT2D eigenvalue weighted by Gasteiger charge is 2.33. The molecule has 0 unspecified atom stereocenters. The summed E-state index contributed by atoms with van der Waals surface area (Å²) < 4.78 is 5.34. The van der Waals surface area contributed by atoms with Crippen LogP contribution in [0.25, 0.3) is 0 Å². The van der Waals surface area contributed by atoms with E-state index in [1.165, 1.54) is 58.0 Å². The Morgan fingerprint density at radius 1 is 1.19 bits per heavy atom. The second-order valence-corrected chi connectivity index (χ2v) is 8.11. The van der Waals surface area contributed by atoms with Crippen LogP contribution in [0.15, 0.2) is 4.99 Å². The van der Waals surface area contributed by atoms with Crippen LogP contribution in [-0.4, -0.2) is 64.3 Å². The number of halogens is 1. The predicted molar refractivity (Wildman–Crippen MR) is 122 cm³/mol. The van der Waals surface area contributed by atoms with Gasteiger partial charge in [-0.3, -0.25) is 4.99 Å². The van der Waals surface area contributed by atoms with E-state index in [0.717, 1.165) is 44.5 Å². The number of rotatable bonds is 9. The lowest BCUT2D eigenvalue weighted by atomic mass is 9.83. The minimum atomic E-state index is 0. The maximum atomic E-state index is 5.34. The minimum Gasteiger partial charge on any atom is -0.385 e. The van der Waals surface area contributed by atoms with Crippen LogP contribution in [0.2, 0.25) is 0 Å². The van der Waals surface area contributed by atoms with Crippen molar-refractivity contribution in [3.63, 3.8) is 0 Å². The molecular weight excluding hydrogens is 439 g/mol. The highest BCUT2D eigenvalue weighted by molar-refractivity contribution is 14.0. The van der Waals surface area contributed by atoms with Gasteiger partial charge in [0.25, 0.3) is 0 Å². The van der Waals surface area contributed by atoms with Crippen LogP contribution < -0.4 is 10.6 Å². The van der Waals surface area contributed by atoms with Gasteiger partial charge in [-0.25, -0.2) is 0 Å². The van der Waals surface area contributed by atoms with E-state index in [-0.39, 0.29) is 24.0 Å². The molecule has 1 saturated heterocycles. The summed E-state index contributed by atoms with van der Waals surface area (Å²) >= 11 is 0. The molecule has 2 aliphatic rings. The van der Waals surface area contributed by atoms with Crippen LogP contribution in [0.1, 0.15) is 58.3 Å². The van der Waals surface area contributed by atoms with Gasteiger partial charge >= 0.3 is 0 Å². The highest BCUT2D eigenvalue weighted by atomic mass is 127. The second-order valence-electron chi connectivity index (χ2n) is 8.11. The van der Waals surface area contributed by atoms with Crippen molar-refractivity contribution >= 4 is 29.9 Å². The lowest BCUT2D eigenvalue weighted by Crippen LogP contribution is -2.40. The van der Waals surface area contributed by atoms with Crippen molar-refractivity contribution in [2.45, 2.75) is 58.3 Å². The molecule has 2 N–H and O–H groups in total. The van der Waals surface area contributed by atoms with Crippen LogP contribution in [0.3, 0.4) is 0 Å². The average Bonchev–Trinajstić information content (AvgIpc) is 3.09. The third-order valence-electron chi connectivity index (χ3n) is 6.10. The first-order valence-electron chi connectivity index (χ1n) is 10.4. The molecule has 0 radical (unpaired) electrons. The van der Waals surface area contributed by atoms with Crippen molar-refractivity contribution in [1.82, 2.24) is 15.5 Å². The van der Waals surface area contributed by atoms with Gasteiger partial charge in [-0.05, 0) is 76.9 Å². The molecule has 2 rings (SSSR count). The molecule has 6 heteroatoms. The number of guanidine groups is 1. The first kappa shape index (κ1) is 24.0. The van der Waals surface area contributed by atoms with Crippen LogP contribution in [0.5, 0.6) is 0 Å². The van der Waals surface area contributed by atoms with Crippen LogP contribution in [0, 0.1) is 11.3 Å². The van der Waals surface area contributed by atoms with E-state index in [2.05, 4.69) is 29.5 Å². The molecule has 1 aliphatic heterocycles. The van der Waals surface area contributed by atoms with Crippen molar-refractivity contribution < 1.29 is 4.74 Å². The SMILES string of the molecule is CCNC(=NCC1(CCOC)CCCC1)NCCC1CCN(C)CC1.I. The van der Waals surface area contributed by atoms with E-state index >= 15 is 0 Å². The number of nitrogens with zero attached hydrogens (tertiary/aromatic N) is 2. The Balaban J connectivity index is 0.00000338. The van der Waals surface area contributed by atoms with E-state index < -0.39 is 0 Å². The summed E-state index contributed by atoms with van der Waals surface area (Å²) in [7, 11) is 4.04. The number of nitrogens with one attached hydrogen (secondary N) is 2. The highest BCUT2D eigenvalue weighted by Crippen LogP contribution is 2.41. The Hall–Kier alpha value is -0.0800. The quantitative estimate of drug-likeness (QED) is 0.302. The van der Waals surface area contributed by atoms with Crippen molar-refractivity contribution in [2.75, 3.05) is 53.5 Å². The Morgan fingerprint density at radius 2 is 1.88 bits per heavy atom. The molecular formula is C20H41IN4O. The van der Waals surface area contributed by atoms with E-state index in [0.29, 0.717) is 5.41 Å². The van der Waals surface area contributed by atoms with Gasteiger partial charge in [0.05, 0.1) is 0 Å². The monoisotopic (exact) mass is 480 g/mol. The number of methoxy groups -OCH3 is 1. The summed E-state index contributed by atoms with van der Waals surface area (Å²) in [4.78, 5) is 7.39. The van der Waals surface area contributed by atoms with Crippen molar-refractivity contribution in [2.24, 2.45) is 16.3 Å². The number of hydrogen-bond acceptors (Lipinski definition) is 3. The number of hydrogen-bond donors (Lipinski definition) is 2. The van der Waals surface area contributed by atoms with Crippen molar-refractivity contribution in [3.05, 3.63) is 0 Å². The maximum absolute atomic E-state index is 5.34. The lowest BCUT2D eigenvalue weighted by Gasteiger charge is -2.29. The fourth-order valence-electron chi connectivity index (χ4n) is 4.26. The predicted octanol–water partition coefficient (Wildman–Crippen LogP) is 3.49. The summed E-state index contributed by atoms with van der Waals surface area (Å²) in [6, 6.07) is 0. The number of likely N-dealkylation sites (tertiary alicyclic amines) is 1. The van der Waals surface area contributed by atoms with Gasteiger partial charge in [-0.2, -0.15) is 0 Å². The molecule has 0 amide bonds. The zero-order valence-electron chi connectivity index (χ0n) is 17.2. The summed E-state index contributed by atoms with van der Waals surface area (Å²) in [5.41, 5.74) is 0.367.